The number of fused-ring (bicyclic) bond motifs is 1. The SMILES string of the molecule is Cc1ccc(-c2nnc3cc(Cl)ncn23)cc1. The molecule has 0 radical (unpaired) electrons. The van der Waals surface area contributed by atoms with Gasteiger partial charge in [0.15, 0.2) is 11.5 Å². The summed E-state index contributed by atoms with van der Waals surface area (Å²) in [5.41, 5.74) is 2.91. The third-order valence-corrected chi connectivity index (χ3v) is 2.78. The molecule has 2 aromatic heterocycles. The third kappa shape index (κ3) is 1.76. The quantitative estimate of drug-likeness (QED) is 0.618. The highest BCUT2D eigenvalue weighted by Gasteiger charge is 2.08. The second kappa shape index (κ2) is 3.82. The van der Waals surface area contributed by atoms with E-state index in [1.807, 2.05) is 35.6 Å². The fourth-order valence-electron chi connectivity index (χ4n) is 1.67. The normalized spacial score (nSPS) is 10.9. The average Bonchev–Trinajstić information content (AvgIpc) is 2.73. The molecule has 5 heteroatoms. The van der Waals surface area contributed by atoms with Crippen LogP contribution in [-0.2, 0) is 0 Å². The summed E-state index contributed by atoms with van der Waals surface area (Å²) in [7, 11) is 0. The van der Waals surface area contributed by atoms with Crippen LogP contribution in [0.1, 0.15) is 5.56 Å². The van der Waals surface area contributed by atoms with Crippen molar-refractivity contribution in [2.24, 2.45) is 0 Å². The molecule has 0 fully saturated rings. The minimum absolute atomic E-state index is 0.417. The number of aryl methyl sites for hydroxylation is 1. The number of rotatable bonds is 1. The highest BCUT2D eigenvalue weighted by molar-refractivity contribution is 6.29. The first-order valence-electron chi connectivity index (χ1n) is 5.17. The number of hydrogen-bond donors (Lipinski definition) is 0. The van der Waals surface area contributed by atoms with Crippen LogP contribution in [0.4, 0.5) is 0 Å². The van der Waals surface area contributed by atoms with E-state index in [-0.39, 0.29) is 0 Å². The number of nitrogens with zero attached hydrogens (tertiary/aromatic N) is 4. The first kappa shape index (κ1) is 10.2. The molecule has 0 aliphatic carbocycles. The molecule has 2 heterocycles. The summed E-state index contributed by atoms with van der Waals surface area (Å²) in [5, 5.41) is 8.63. The molecule has 17 heavy (non-hydrogen) atoms. The maximum Gasteiger partial charge on any atom is 0.169 e. The third-order valence-electron chi connectivity index (χ3n) is 2.58. The van der Waals surface area contributed by atoms with E-state index in [0.717, 1.165) is 11.4 Å². The molecule has 0 unspecified atom stereocenters. The van der Waals surface area contributed by atoms with E-state index in [4.69, 9.17) is 11.6 Å². The minimum Gasteiger partial charge on any atom is -0.265 e. The second-order valence-corrected chi connectivity index (χ2v) is 4.22. The van der Waals surface area contributed by atoms with Crippen LogP contribution in [0.25, 0.3) is 17.0 Å². The van der Waals surface area contributed by atoms with Gasteiger partial charge in [-0.1, -0.05) is 41.4 Å². The van der Waals surface area contributed by atoms with Gasteiger partial charge in [0.1, 0.15) is 11.5 Å². The number of aromatic nitrogens is 4. The summed E-state index contributed by atoms with van der Waals surface area (Å²) in [6.07, 6.45) is 1.63. The van der Waals surface area contributed by atoms with Crippen molar-refractivity contribution in [2.75, 3.05) is 0 Å². The fourth-order valence-corrected chi connectivity index (χ4v) is 1.81. The lowest BCUT2D eigenvalue weighted by molar-refractivity contribution is 1.08. The predicted octanol–water partition coefficient (Wildman–Crippen LogP) is 2.75. The Hall–Kier alpha value is -1.94. The molecule has 3 rings (SSSR count). The van der Waals surface area contributed by atoms with Crippen LogP contribution in [-0.4, -0.2) is 19.6 Å². The van der Waals surface area contributed by atoms with Gasteiger partial charge in [0.05, 0.1) is 0 Å². The van der Waals surface area contributed by atoms with Gasteiger partial charge in [-0.15, -0.1) is 10.2 Å². The highest BCUT2D eigenvalue weighted by Crippen LogP contribution is 2.19. The van der Waals surface area contributed by atoms with Crippen LogP contribution in [0.15, 0.2) is 36.7 Å². The topological polar surface area (TPSA) is 43.1 Å². The van der Waals surface area contributed by atoms with E-state index in [9.17, 15) is 0 Å². The fraction of sp³-hybridized carbons (Fsp3) is 0.0833. The van der Waals surface area contributed by atoms with Crippen LogP contribution in [0, 0.1) is 6.92 Å². The maximum atomic E-state index is 5.80. The van der Waals surface area contributed by atoms with E-state index < -0.39 is 0 Å². The second-order valence-electron chi connectivity index (χ2n) is 3.83. The Morgan fingerprint density at radius 3 is 2.65 bits per heavy atom. The van der Waals surface area contributed by atoms with Crippen LogP contribution in [0.2, 0.25) is 5.15 Å². The van der Waals surface area contributed by atoms with E-state index in [1.54, 1.807) is 12.4 Å². The Morgan fingerprint density at radius 2 is 1.88 bits per heavy atom. The first-order chi connectivity index (χ1) is 8.24. The van der Waals surface area contributed by atoms with Gasteiger partial charge in [0, 0.05) is 11.6 Å². The highest BCUT2D eigenvalue weighted by atomic mass is 35.5. The molecule has 0 bridgehead atoms. The average molecular weight is 245 g/mol. The van der Waals surface area contributed by atoms with Crippen molar-refractivity contribution >= 4 is 17.2 Å². The summed E-state index contributed by atoms with van der Waals surface area (Å²) in [4.78, 5) is 4.03. The number of halogens is 1. The molecule has 84 valence electrons. The molecule has 3 aromatic rings. The van der Waals surface area contributed by atoms with Crippen molar-refractivity contribution in [1.82, 2.24) is 19.6 Å². The van der Waals surface area contributed by atoms with Crippen molar-refractivity contribution in [3.63, 3.8) is 0 Å². The van der Waals surface area contributed by atoms with Gasteiger partial charge >= 0.3 is 0 Å². The van der Waals surface area contributed by atoms with Crippen LogP contribution >= 0.6 is 11.6 Å². The van der Waals surface area contributed by atoms with Crippen molar-refractivity contribution in [3.05, 3.63) is 47.4 Å². The lowest BCUT2D eigenvalue weighted by Gasteiger charge is -2.00. The van der Waals surface area contributed by atoms with Gasteiger partial charge in [-0.05, 0) is 6.92 Å². The summed E-state index contributed by atoms with van der Waals surface area (Å²) >= 11 is 5.80. The number of hydrogen-bond acceptors (Lipinski definition) is 3. The zero-order valence-corrected chi connectivity index (χ0v) is 9.89. The van der Waals surface area contributed by atoms with Crippen molar-refractivity contribution in [1.29, 1.82) is 0 Å². The van der Waals surface area contributed by atoms with Crippen LogP contribution < -0.4 is 0 Å². The summed E-state index contributed by atoms with van der Waals surface area (Å²) in [6, 6.07) is 9.80. The predicted molar refractivity (Wildman–Crippen MR) is 66.0 cm³/mol. The summed E-state index contributed by atoms with van der Waals surface area (Å²) in [6.45, 7) is 2.05. The molecule has 1 aromatic carbocycles. The monoisotopic (exact) mass is 244 g/mol. The zero-order valence-electron chi connectivity index (χ0n) is 9.13. The van der Waals surface area contributed by atoms with E-state index in [0.29, 0.717) is 10.8 Å². The Kier molecular flexibility index (Phi) is 2.30. The first-order valence-corrected chi connectivity index (χ1v) is 5.55. The molecular formula is C12H9ClN4. The van der Waals surface area contributed by atoms with Gasteiger partial charge < -0.3 is 0 Å². The molecule has 0 spiro atoms. The molecular weight excluding hydrogens is 236 g/mol. The number of benzene rings is 1. The Balaban J connectivity index is 2.21. The summed E-state index contributed by atoms with van der Waals surface area (Å²) < 4.78 is 1.82. The molecule has 0 N–H and O–H groups in total. The Morgan fingerprint density at radius 1 is 1.12 bits per heavy atom. The van der Waals surface area contributed by atoms with Gasteiger partial charge in [0.2, 0.25) is 0 Å². The van der Waals surface area contributed by atoms with Crippen molar-refractivity contribution in [2.45, 2.75) is 6.92 Å². The molecule has 0 saturated carbocycles. The largest absolute Gasteiger partial charge is 0.265 e. The van der Waals surface area contributed by atoms with Gasteiger partial charge in [-0.2, -0.15) is 0 Å². The lowest BCUT2D eigenvalue weighted by Crippen LogP contribution is -1.91. The van der Waals surface area contributed by atoms with E-state index in [2.05, 4.69) is 15.2 Å². The van der Waals surface area contributed by atoms with Crippen LogP contribution in [0.5, 0.6) is 0 Å². The van der Waals surface area contributed by atoms with Crippen molar-refractivity contribution < 1.29 is 0 Å². The molecule has 0 atom stereocenters. The molecule has 0 aliphatic heterocycles. The standard InChI is InChI=1S/C12H9ClN4/c1-8-2-4-9(5-3-8)12-16-15-11-6-10(13)14-7-17(11)12/h2-7H,1H3. The minimum atomic E-state index is 0.417. The summed E-state index contributed by atoms with van der Waals surface area (Å²) in [5.74, 6) is 0.768. The zero-order chi connectivity index (χ0) is 11.8. The van der Waals surface area contributed by atoms with E-state index in [1.165, 1.54) is 5.56 Å². The molecule has 0 saturated heterocycles. The smallest absolute Gasteiger partial charge is 0.169 e. The van der Waals surface area contributed by atoms with Gasteiger partial charge in [-0.25, -0.2) is 4.98 Å². The lowest BCUT2D eigenvalue weighted by atomic mass is 10.1. The Bertz CT molecular complexity index is 673. The van der Waals surface area contributed by atoms with Crippen molar-refractivity contribution in [3.8, 4) is 11.4 Å². The molecule has 4 nitrogen and oxygen atoms in total. The van der Waals surface area contributed by atoms with Crippen LogP contribution in [0.3, 0.4) is 0 Å². The Labute approximate surface area is 103 Å². The van der Waals surface area contributed by atoms with Gasteiger partial charge in [-0.3, -0.25) is 4.40 Å². The van der Waals surface area contributed by atoms with Gasteiger partial charge in [0.25, 0.3) is 0 Å². The van der Waals surface area contributed by atoms with E-state index >= 15 is 0 Å². The molecule has 0 amide bonds. The molecule has 0 aliphatic rings. The maximum absolute atomic E-state index is 5.80.